The summed E-state index contributed by atoms with van der Waals surface area (Å²) in [6.45, 7) is 2.28. The molecular formula is C12H19N5O2S. The average molecular weight is 297 g/mol. The van der Waals surface area contributed by atoms with Crippen LogP contribution in [0.25, 0.3) is 0 Å². The molecule has 7 nitrogen and oxygen atoms in total. The van der Waals surface area contributed by atoms with Crippen LogP contribution in [-0.2, 0) is 4.79 Å². The highest BCUT2D eigenvalue weighted by Crippen LogP contribution is 2.31. The zero-order valence-corrected chi connectivity index (χ0v) is 12.4. The van der Waals surface area contributed by atoms with Crippen molar-refractivity contribution in [1.82, 2.24) is 15.2 Å². The second kappa shape index (κ2) is 6.08. The first-order valence-corrected chi connectivity index (χ1v) is 7.39. The summed E-state index contributed by atoms with van der Waals surface area (Å²) in [5, 5.41) is 6.39. The van der Waals surface area contributed by atoms with E-state index in [9.17, 15) is 9.59 Å². The molecule has 0 aliphatic heterocycles. The molecule has 110 valence electrons. The lowest BCUT2D eigenvalue weighted by Crippen LogP contribution is -2.39. The van der Waals surface area contributed by atoms with E-state index in [0.29, 0.717) is 22.6 Å². The number of likely N-dealkylation sites (N-methyl/N-ethyl adjacent to an activating group) is 2. The molecule has 0 spiro atoms. The van der Waals surface area contributed by atoms with Crippen molar-refractivity contribution in [3.63, 3.8) is 0 Å². The molecule has 1 aromatic rings. The van der Waals surface area contributed by atoms with Crippen molar-refractivity contribution in [3.8, 4) is 0 Å². The van der Waals surface area contributed by atoms with Crippen molar-refractivity contribution in [3.05, 3.63) is 4.88 Å². The van der Waals surface area contributed by atoms with Gasteiger partial charge in [0.25, 0.3) is 5.91 Å². The molecule has 8 heteroatoms. The van der Waals surface area contributed by atoms with Crippen molar-refractivity contribution in [2.24, 2.45) is 0 Å². The van der Waals surface area contributed by atoms with Crippen LogP contribution in [0.15, 0.2) is 0 Å². The van der Waals surface area contributed by atoms with Gasteiger partial charge in [-0.05, 0) is 19.8 Å². The van der Waals surface area contributed by atoms with Gasteiger partial charge in [0.05, 0.1) is 6.54 Å². The number of rotatable bonds is 6. The van der Waals surface area contributed by atoms with Crippen LogP contribution in [0, 0.1) is 0 Å². The van der Waals surface area contributed by atoms with Gasteiger partial charge < -0.3 is 21.3 Å². The largest absolute Gasteiger partial charge is 0.382 e. The fourth-order valence-electron chi connectivity index (χ4n) is 1.67. The van der Waals surface area contributed by atoms with E-state index in [1.54, 1.807) is 7.05 Å². The first-order valence-electron chi connectivity index (χ1n) is 6.57. The van der Waals surface area contributed by atoms with Crippen LogP contribution in [0.4, 0.5) is 10.9 Å². The van der Waals surface area contributed by atoms with E-state index < -0.39 is 0 Å². The summed E-state index contributed by atoms with van der Waals surface area (Å²) >= 11 is 1.24. The molecule has 1 heterocycles. The molecule has 20 heavy (non-hydrogen) atoms. The van der Waals surface area contributed by atoms with Gasteiger partial charge in [0.2, 0.25) is 5.91 Å². The summed E-state index contributed by atoms with van der Waals surface area (Å²) in [4.78, 5) is 29.8. The third-order valence-electron chi connectivity index (χ3n) is 3.03. The summed E-state index contributed by atoms with van der Waals surface area (Å²) < 4.78 is 0. The molecular weight excluding hydrogens is 278 g/mol. The van der Waals surface area contributed by atoms with Gasteiger partial charge in [0, 0.05) is 19.6 Å². The van der Waals surface area contributed by atoms with Gasteiger partial charge in [-0.3, -0.25) is 9.59 Å². The molecule has 1 saturated carbocycles. The molecule has 1 aliphatic carbocycles. The minimum Gasteiger partial charge on any atom is -0.382 e. The van der Waals surface area contributed by atoms with Crippen LogP contribution in [0.2, 0.25) is 0 Å². The van der Waals surface area contributed by atoms with Gasteiger partial charge in [-0.25, -0.2) is 4.98 Å². The van der Waals surface area contributed by atoms with E-state index in [2.05, 4.69) is 15.6 Å². The normalized spacial score (nSPS) is 13.9. The molecule has 2 amide bonds. The Balaban J connectivity index is 2.09. The van der Waals surface area contributed by atoms with Crippen molar-refractivity contribution < 1.29 is 9.59 Å². The number of anilines is 2. The fraction of sp³-hybridized carbons (Fsp3) is 0.583. The summed E-state index contributed by atoms with van der Waals surface area (Å²) in [6, 6.07) is 0.455. The Hall–Kier alpha value is -1.83. The van der Waals surface area contributed by atoms with Gasteiger partial charge in [-0.2, -0.15) is 0 Å². The zero-order valence-electron chi connectivity index (χ0n) is 11.6. The number of hydrogen-bond donors (Lipinski definition) is 3. The standard InChI is InChI=1S/C12H19N5O2S/c1-3-17(6-8(18)14-2)11(19)9-10(13)16-12(20-9)15-7-4-5-7/h7H,3-6,13H2,1-2H3,(H,14,18)(H,15,16). The Bertz CT molecular complexity index is 512. The number of carbonyl (C=O) groups is 2. The molecule has 1 fully saturated rings. The lowest BCUT2D eigenvalue weighted by atomic mass is 10.3. The number of nitrogens with zero attached hydrogens (tertiary/aromatic N) is 2. The summed E-state index contributed by atoms with van der Waals surface area (Å²) in [6.07, 6.45) is 2.25. The first-order chi connectivity index (χ1) is 9.55. The molecule has 0 atom stereocenters. The predicted molar refractivity (Wildman–Crippen MR) is 78.8 cm³/mol. The number of thiazole rings is 1. The quantitative estimate of drug-likeness (QED) is 0.710. The lowest BCUT2D eigenvalue weighted by molar-refractivity contribution is -0.121. The first kappa shape index (κ1) is 14.6. The number of nitrogens with one attached hydrogen (secondary N) is 2. The van der Waals surface area contributed by atoms with Crippen LogP contribution < -0.4 is 16.4 Å². The molecule has 0 aromatic carbocycles. The molecule has 0 saturated heterocycles. The number of aromatic nitrogens is 1. The number of hydrogen-bond acceptors (Lipinski definition) is 6. The number of nitrogens with two attached hydrogens (primary N) is 1. The topological polar surface area (TPSA) is 100 Å². The molecule has 4 N–H and O–H groups in total. The van der Waals surface area contributed by atoms with Crippen LogP contribution in [0.3, 0.4) is 0 Å². The minimum atomic E-state index is -0.255. The molecule has 2 rings (SSSR count). The number of amides is 2. The zero-order chi connectivity index (χ0) is 14.7. The summed E-state index contributed by atoms with van der Waals surface area (Å²) in [7, 11) is 1.54. The highest BCUT2D eigenvalue weighted by atomic mass is 32.1. The van der Waals surface area contributed by atoms with Crippen molar-refractivity contribution >= 4 is 34.1 Å². The predicted octanol–water partition coefficient (Wildman–Crippen LogP) is 0.508. The maximum absolute atomic E-state index is 12.4. The Morgan fingerprint density at radius 3 is 2.75 bits per heavy atom. The fourth-order valence-corrected chi connectivity index (χ4v) is 2.60. The second-order valence-corrected chi connectivity index (χ2v) is 5.64. The maximum atomic E-state index is 12.4. The van der Waals surface area contributed by atoms with Crippen molar-refractivity contribution in [1.29, 1.82) is 0 Å². The molecule has 1 aromatic heterocycles. The lowest BCUT2D eigenvalue weighted by Gasteiger charge is -2.18. The number of carbonyl (C=O) groups excluding carboxylic acids is 2. The van der Waals surface area contributed by atoms with Crippen LogP contribution in [0.5, 0.6) is 0 Å². The highest BCUT2D eigenvalue weighted by molar-refractivity contribution is 7.18. The Kier molecular flexibility index (Phi) is 4.43. The van der Waals surface area contributed by atoms with Crippen LogP contribution in [0.1, 0.15) is 29.4 Å². The van der Waals surface area contributed by atoms with E-state index in [0.717, 1.165) is 12.8 Å². The van der Waals surface area contributed by atoms with Crippen molar-refractivity contribution in [2.75, 3.05) is 31.2 Å². The van der Waals surface area contributed by atoms with Gasteiger partial charge in [0.1, 0.15) is 10.7 Å². The highest BCUT2D eigenvalue weighted by Gasteiger charge is 2.26. The van der Waals surface area contributed by atoms with E-state index in [-0.39, 0.29) is 24.2 Å². The van der Waals surface area contributed by atoms with E-state index in [1.807, 2.05) is 6.92 Å². The molecule has 0 unspecified atom stereocenters. The van der Waals surface area contributed by atoms with E-state index in [1.165, 1.54) is 16.2 Å². The van der Waals surface area contributed by atoms with Gasteiger partial charge in [-0.1, -0.05) is 11.3 Å². The Morgan fingerprint density at radius 1 is 1.50 bits per heavy atom. The third-order valence-corrected chi connectivity index (χ3v) is 4.03. The van der Waals surface area contributed by atoms with Gasteiger partial charge in [0.15, 0.2) is 5.13 Å². The second-order valence-electron chi connectivity index (χ2n) is 4.64. The van der Waals surface area contributed by atoms with E-state index in [4.69, 9.17) is 5.73 Å². The molecule has 0 radical (unpaired) electrons. The monoisotopic (exact) mass is 297 g/mol. The Morgan fingerprint density at radius 2 is 2.20 bits per heavy atom. The van der Waals surface area contributed by atoms with Gasteiger partial charge >= 0.3 is 0 Å². The molecule has 0 bridgehead atoms. The number of nitrogen functional groups attached to an aromatic ring is 1. The van der Waals surface area contributed by atoms with Crippen molar-refractivity contribution in [2.45, 2.75) is 25.8 Å². The van der Waals surface area contributed by atoms with Crippen LogP contribution >= 0.6 is 11.3 Å². The third kappa shape index (κ3) is 3.38. The Labute approximate surface area is 121 Å². The SMILES string of the molecule is CCN(CC(=O)NC)C(=O)c1sc(NC2CC2)nc1N. The van der Waals surface area contributed by atoms with E-state index >= 15 is 0 Å². The summed E-state index contributed by atoms with van der Waals surface area (Å²) in [5.41, 5.74) is 5.81. The maximum Gasteiger partial charge on any atom is 0.268 e. The van der Waals surface area contributed by atoms with Crippen LogP contribution in [-0.4, -0.2) is 47.9 Å². The minimum absolute atomic E-state index is 0.0224. The van der Waals surface area contributed by atoms with Gasteiger partial charge in [-0.15, -0.1) is 0 Å². The molecule has 1 aliphatic rings. The summed E-state index contributed by atoms with van der Waals surface area (Å²) in [5.74, 6) is -0.243. The smallest absolute Gasteiger partial charge is 0.268 e. The average Bonchev–Trinajstić information content (AvgIpc) is 3.17.